The Labute approximate surface area is 171 Å². The standard InChI is InChI=1S/C19H18Cl2N2O3S/c1-26-15(24)7-11-10-5-3-2-4-9(10)6-12(11)23-19(25)13-8-14-17(22-13)16(20)18(21)27-14/h2-5,8,11-12,16,18,22H,6-7H2,1H3,(H,23,25)/t11-,12-,16?,18?/m1/s1. The summed E-state index contributed by atoms with van der Waals surface area (Å²) in [6.45, 7) is 0. The fraction of sp³-hybridized carbons (Fsp3) is 0.368. The number of hydrogen-bond donors (Lipinski definition) is 2. The number of carbonyl (C=O) groups excluding carboxylic acids is 2. The van der Waals surface area contributed by atoms with E-state index in [1.807, 2.05) is 24.3 Å². The number of hydrogen-bond acceptors (Lipinski definition) is 4. The van der Waals surface area contributed by atoms with E-state index in [1.165, 1.54) is 18.9 Å². The van der Waals surface area contributed by atoms with Crippen molar-refractivity contribution >= 4 is 46.8 Å². The van der Waals surface area contributed by atoms with Gasteiger partial charge in [0.1, 0.15) is 15.8 Å². The second-order valence-electron chi connectivity index (χ2n) is 6.70. The molecule has 2 heterocycles. The molecule has 8 heteroatoms. The lowest BCUT2D eigenvalue weighted by atomic mass is 9.94. The summed E-state index contributed by atoms with van der Waals surface area (Å²) < 4.78 is 4.60. The summed E-state index contributed by atoms with van der Waals surface area (Å²) in [7, 11) is 1.38. The van der Waals surface area contributed by atoms with Crippen LogP contribution in [0.3, 0.4) is 0 Å². The molecule has 0 saturated heterocycles. The predicted octanol–water partition coefficient (Wildman–Crippen LogP) is 3.97. The predicted molar refractivity (Wildman–Crippen MR) is 106 cm³/mol. The number of methoxy groups -OCH3 is 1. The van der Waals surface area contributed by atoms with Crippen LogP contribution in [0.4, 0.5) is 0 Å². The number of aromatic nitrogens is 1. The fourth-order valence-corrected chi connectivity index (χ4v) is 5.57. The maximum Gasteiger partial charge on any atom is 0.306 e. The summed E-state index contributed by atoms with van der Waals surface area (Å²) in [5.74, 6) is -0.612. The van der Waals surface area contributed by atoms with Crippen LogP contribution < -0.4 is 5.32 Å². The Kier molecular flexibility index (Phi) is 5.14. The molecule has 2 aliphatic rings. The zero-order valence-electron chi connectivity index (χ0n) is 14.5. The van der Waals surface area contributed by atoms with Crippen molar-refractivity contribution in [1.29, 1.82) is 0 Å². The van der Waals surface area contributed by atoms with Crippen LogP contribution in [-0.4, -0.2) is 34.7 Å². The van der Waals surface area contributed by atoms with E-state index in [-0.39, 0.29) is 40.3 Å². The monoisotopic (exact) mass is 424 g/mol. The van der Waals surface area contributed by atoms with Crippen LogP contribution in [0, 0.1) is 0 Å². The Bertz CT molecular complexity index is 901. The molecule has 0 bridgehead atoms. The summed E-state index contributed by atoms with van der Waals surface area (Å²) >= 11 is 13.9. The molecular formula is C19H18Cl2N2O3S. The van der Waals surface area contributed by atoms with E-state index in [0.717, 1.165) is 21.7 Å². The van der Waals surface area contributed by atoms with E-state index >= 15 is 0 Å². The highest BCUT2D eigenvalue weighted by atomic mass is 35.5. The number of thioether (sulfide) groups is 1. The first-order valence-corrected chi connectivity index (χ1v) is 10.4. The minimum atomic E-state index is -0.351. The molecule has 0 spiro atoms. The third-order valence-corrected chi connectivity index (χ3v) is 7.47. The van der Waals surface area contributed by atoms with Gasteiger partial charge in [0, 0.05) is 22.5 Å². The minimum Gasteiger partial charge on any atom is -0.469 e. The number of fused-ring (bicyclic) bond motifs is 2. The van der Waals surface area contributed by atoms with Crippen LogP contribution in [-0.2, 0) is 16.0 Å². The van der Waals surface area contributed by atoms with Crippen molar-refractivity contribution in [3.63, 3.8) is 0 Å². The molecule has 2 N–H and O–H groups in total. The molecule has 0 fully saturated rings. The van der Waals surface area contributed by atoms with Crippen molar-refractivity contribution in [1.82, 2.24) is 10.3 Å². The largest absolute Gasteiger partial charge is 0.469 e. The van der Waals surface area contributed by atoms with Crippen molar-refractivity contribution in [3.8, 4) is 0 Å². The number of aromatic amines is 1. The van der Waals surface area contributed by atoms with Gasteiger partial charge in [-0.1, -0.05) is 24.3 Å². The molecule has 1 aromatic heterocycles. The van der Waals surface area contributed by atoms with Crippen LogP contribution >= 0.6 is 35.0 Å². The topological polar surface area (TPSA) is 71.2 Å². The van der Waals surface area contributed by atoms with Crippen LogP contribution in [0.5, 0.6) is 0 Å². The number of esters is 1. The van der Waals surface area contributed by atoms with Crippen LogP contribution in [0.1, 0.15) is 45.0 Å². The number of benzene rings is 1. The van der Waals surface area contributed by atoms with Crippen molar-refractivity contribution < 1.29 is 14.3 Å². The van der Waals surface area contributed by atoms with Crippen LogP contribution in [0.2, 0.25) is 0 Å². The summed E-state index contributed by atoms with van der Waals surface area (Å²) in [5.41, 5.74) is 3.47. The van der Waals surface area contributed by atoms with Gasteiger partial charge in [-0.3, -0.25) is 9.59 Å². The summed E-state index contributed by atoms with van der Waals surface area (Å²) in [5, 5.41) is 2.72. The van der Waals surface area contributed by atoms with Gasteiger partial charge in [0.25, 0.3) is 5.91 Å². The number of alkyl halides is 2. The average Bonchev–Trinajstić information content (AvgIpc) is 3.29. The fourth-order valence-electron chi connectivity index (χ4n) is 3.78. The molecule has 1 aromatic carbocycles. The normalized spacial score (nSPS) is 25.7. The first-order valence-electron chi connectivity index (χ1n) is 8.61. The van der Waals surface area contributed by atoms with E-state index in [1.54, 1.807) is 6.07 Å². The van der Waals surface area contributed by atoms with Gasteiger partial charge in [-0.05, 0) is 23.6 Å². The van der Waals surface area contributed by atoms with Gasteiger partial charge >= 0.3 is 5.97 Å². The van der Waals surface area contributed by atoms with Crippen molar-refractivity contribution in [3.05, 3.63) is 52.8 Å². The quantitative estimate of drug-likeness (QED) is 0.575. The van der Waals surface area contributed by atoms with Gasteiger partial charge in [-0.25, -0.2) is 0 Å². The zero-order chi connectivity index (χ0) is 19.1. The van der Waals surface area contributed by atoms with E-state index in [4.69, 9.17) is 27.9 Å². The van der Waals surface area contributed by atoms with Gasteiger partial charge in [-0.15, -0.1) is 35.0 Å². The Hall–Kier alpha value is -1.63. The first kappa shape index (κ1) is 18.7. The second-order valence-corrected chi connectivity index (χ2v) is 9.08. The molecular weight excluding hydrogens is 407 g/mol. The van der Waals surface area contributed by atoms with Gasteiger partial charge in [-0.2, -0.15) is 0 Å². The van der Waals surface area contributed by atoms with E-state index in [9.17, 15) is 9.59 Å². The SMILES string of the molecule is COC(=O)C[C@@H]1c2ccccc2C[C@H]1NC(=O)c1cc2c([nH]1)C(Cl)C(Cl)S2. The maximum absolute atomic E-state index is 12.8. The smallest absolute Gasteiger partial charge is 0.306 e. The lowest BCUT2D eigenvalue weighted by molar-refractivity contribution is -0.141. The molecule has 142 valence electrons. The van der Waals surface area contributed by atoms with Crippen LogP contribution in [0.15, 0.2) is 35.2 Å². The first-order chi connectivity index (χ1) is 13.0. The van der Waals surface area contributed by atoms with E-state index in [2.05, 4.69) is 10.3 Å². The minimum absolute atomic E-state index is 0.109. The Morgan fingerprint density at radius 2 is 2.11 bits per heavy atom. The second kappa shape index (κ2) is 7.41. The summed E-state index contributed by atoms with van der Waals surface area (Å²) in [4.78, 5) is 28.7. The number of H-pyrrole nitrogens is 1. The highest BCUT2D eigenvalue weighted by Crippen LogP contribution is 2.49. The Morgan fingerprint density at radius 1 is 1.33 bits per heavy atom. The molecule has 1 aliphatic carbocycles. The molecule has 1 amide bonds. The highest BCUT2D eigenvalue weighted by molar-refractivity contribution is 8.01. The number of halogens is 2. The summed E-state index contributed by atoms with van der Waals surface area (Å²) in [6.07, 6.45) is 0.911. The molecule has 27 heavy (non-hydrogen) atoms. The van der Waals surface area contributed by atoms with Crippen molar-refractivity contribution in [2.45, 2.75) is 39.8 Å². The average molecular weight is 425 g/mol. The molecule has 2 unspecified atom stereocenters. The van der Waals surface area contributed by atoms with Gasteiger partial charge in [0.15, 0.2) is 0 Å². The lowest BCUT2D eigenvalue weighted by Crippen LogP contribution is -2.38. The number of amides is 1. The van der Waals surface area contributed by atoms with Gasteiger partial charge in [0.05, 0.1) is 13.5 Å². The van der Waals surface area contributed by atoms with Gasteiger partial charge < -0.3 is 15.0 Å². The van der Waals surface area contributed by atoms with Crippen molar-refractivity contribution in [2.75, 3.05) is 7.11 Å². The van der Waals surface area contributed by atoms with Gasteiger partial charge in [0.2, 0.25) is 0 Å². The molecule has 0 saturated carbocycles. The maximum atomic E-state index is 12.8. The molecule has 4 atom stereocenters. The number of nitrogens with one attached hydrogen (secondary N) is 2. The van der Waals surface area contributed by atoms with Crippen LogP contribution in [0.25, 0.3) is 0 Å². The molecule has 0 radical (unpaired) electrons. The molecule has 1 aliphatic heterocycles. The Morgan fingerprint density at radius 3 is 2.85 bits per heavy atom. The number of ether oxygens (including phenoxy) is 1. The third-order valence-electron chi connectivity index (χ3n) is 5.11. The van der Waals surface area contributed by atoms with E-state index < -0.39 is 0 Å². The lowest BCUT2D eigenvalue weighted by Gasteiger charge is -2.20. The molecule has 4 rings (SSSR count). The molecule has 2 aromatic rings. The number of rotatable bonds is 4. The third kappa shape index (κ3) is 3.46. The number of carbonyl (C=O) groups is 2. The van der Waals surface area contributed by atoms with Crippen molar-refractivity contribution in [2.24, 2.45) is 0 Å². The Balaban J connectivity index is 1.53. The van der Waals surface area contributed by atoms with E-state index in [0.29, 0.717) is 12.1 Å². The highest BCUT2D eigenvalue weighted by Gasteiger charge is 2.37. The summed E-state index contributed by atoms with van der Waals surface area (Å²) in [6, 6.07) is 9.56. The zero-order valence-corrected chi connectivity index (χ0v) is 16.8. The molecule has 5 nitrogen and oxygen atoms in total.